The van der Waals surface area contributed by atoms with Crippen molar-refractivity contribution < 1.29 is 9.53 Å². The van der Waals surface area contributed by atoms with Crippen LogP contribution in [-0.4, -0.2) is 47.0 Å². The van der Waals surface area contributed by atoms with Gasteiger partial charge in [-0.1, -0.05) is 30.3 Å². The van der Waals surface area contributed by atoms with Crippen LogP contribution in [-0.2, 0) is 4.74 Å². The molecule has 0 atom stereocenters. The van der Waals surface area contributed by atoms with Crippen molar-refractivity contribution in [3.05, 3.63) is 77.4 Å². The van der Waals surface area contributed by atoms with Crippen molar-refractivity contribution in [2.24, 2.45) is 0 Å². The van der Waals surface area contributed by atoms with E-state index in [2.05, 4.69) is 20.7 Å². The molecule has 1 N–H and O–H groups in total. The van der Waals surface area contributed by atoms with Crippen molar-refractivity contribution in [2.75, 3.05) is 36.5 Å². The van der Waals surface area contributed by atoms with Crippen LogP contribution in [0.4, 0.5) is 10.8 Å². The number of thiazole rings is 1. The molecule has 1 amide bonds. The number of aromatic nitrogens is 3. The Hall–Kier alpha value is -3.49. The maximum Gasteiger partial charge on any atom is 0.259 e. The molecule has 1 aliphatic heterocycles. The highest BCUT2D eigenvalue weighted by Crippen LogP contribution is 2.29. The maximum absolute atomic E-state index is 12.8. The minimum Gasteiger partial charge on any atom is -0.378 e. The quantitative estimate of drug-likeness (QED) is 0.493. The third kappa shape index (κ3) is 4.15. The highest BCUT2D eigenvalue weighted by Gasteiger charge is 2.17. The van der Waals surface area contributed by atoms with Crippen LogP contribution in [0.3, 0.4) is 0 Å². The molecule has 4 aromatic rings. The van der Waals surface area contributed by atoms with Gasteiger partial charge in [0.2, 0.25) is 0 Å². The van der Waals surface area contributed by atoms with E-state index in [1.807, 2.05) is 61.5 Å². The molecule has 8 heteroatoms. The molecule has 1 saturated heterocycles. The Morgan fingerprint density at radius 2 is 1.81 bits per heavy atom. The van der Waals surface area contributed by atoms with E-state index in [1.54, 1.807) is 22.2 Å². The first-order chi connectivity index (χ1) is 15.7. The number of carbonyl (C=O) groups excluding carboxylic acids is 1. The lowest BCUT2D eigenvalue weighted by Crippen LogP contribution is -2.36. The van der Waals surface area contributed by atoms with E-state index >= 15 is 0 Å². The summed E-state index contributed by atoms with van der Waals surface area (Å²) in [5.41, 5.74) is 4.96. The molecule has 2 aromatic heterocycles. The highest BCUT2D eigenvalue weighted by molar-refractivity contribution is 7.14. The summed E-state index contributed by atoms with van der Waals surface area (Å²) in [4.78, 5) is 19.9. The van der Waals surface area contributed by atoms with Crippen molar-refractivity contribution in [1.82, 2.24) is 14.8 Å². The van der Waals surface area contributed by atoms with Gasteiger partial charge in [0.05, 0.1) is 42.0 Å². The number of morpholine rings is 1. The standard InChI is InChI=1S/C24H23N5O2S/c1-17-21(15-25-29(17)20-5-3-2-4-6-20)23(30)26-19-9-7-18(8-10-19)22-16-32-24(27-22)28-11-13-31-14-12-28/h2-10,15-16H,11-14H2,1H3,(H,26,30). The second kappa shape index (κ2) is 8.94. The predicted molar refractivity (Wildman–Crippen MR) is 127 cm³/mol. The summed E-state index contributed by atoms with van der Waals surface area (Å²) < 4.78 is 7.19. The molecular weight excluding hydrogens is 422 g/mol. The Morgan fingerprint density at radius 3 is 2.56 bits per heavy atom. The van der Waals surface area contributed by atoms with Crippen molar-refractivity contribution in [3.63, 3.8) is 0 Å². The van der Waals surface area contributed by atoms with Crippen LogP contribution in [0.2, 0.25) is 0 Å². The van der Waals surface area contributed by atoms with E-state index in [0.717, 1.165) is 59.8 Å². The zero-order valence-corrected chi connectivity index (χ0v) is 18.5. The first kappa shape index (κ1) is 20.4. The number of amides is 1. The fourth-order valence-electron chi connectivity index (χ4n) is 3.68. The molecule has 1 fully saturated rings. The highest BCUT2D eigenvalue weighted by atomic mass is 32.1. The Bertz CT molecular complexity index is 1210. The largest absolute Gasteiger partial charge is 0.378 e. The van der Waals surface area contributed by atoms with E-state index in [9.17, 15) is 4.79 Å². The number of nitrogens with zero attached hydrogens (tertiary/aromatic N) is 4. The van der Waals surface area contributed by atoms with E-state index in [4.69, 9.17) is 9.72 Å². The number of nitrogens with one attached hydrogen (secondary N) is 1. The SMILES string of the molecule is Cc1c(C(=O)Nc2ccc(-c3csc(N4CCOCC4)n3)cc2)cnn1-c1ccccc1. The molecule has 7 nitrogen and oxygen atoms in total. The zero-order valence-electron chi connectivity index (χ0n) is 17.7. The first-order valence-corrected chi connectivity index (χ1v) is 11.4. The first-order valence-electron chi connectivity index (χ1n) is 10.5. The van der Waals surface area contributed by atoms with E-state index < -0.39 is 0 Å². The van der Waals surface area contributed by atoms with Crippen LogP contribution >= 0.6 is 11.3 Å². The topological polar surface area (TPSA) is 72.3 Å². The number of hydrogen-bond acceptors (Lipinski definition) is 6. The van der Waals surface area contributed by atoms with E-state index in [-0.39, 0.29) is 5.91 Å². The molecule has 162 valence electrons. The van der Waals surface area contributed by atoms with Crippen LogP contribution in [0, 0.1) is 6.92 Å². The minimum absolute atomic E-state index is 0.180. The summed E-state index contributed by atoms with van der Waals surface area (Å²) in [6.07, 6.45) is 1.61. The monoisotopic (exact) mass is 445 g/mol. The molecule has 0 saturated carbocycles. The van der Waals surface area contributed by atoms with Crippen molar-refractivity contribution in [2.45, 2.75) is 6.92 Å². The summed E-state index contributed by atoms with van der Waals surface area (Å²) in [6, 6.07) is 17.5. The normalized spacial score (nSPS) is 13.8. The van der Waals surface area contributed by atoms with Gasteiger partial charge in [0.1, 0.15) is 0 Å². The van der Waals surface area contributed by atoms with Gasteiger partial charge in [0, 0.05) is 29.7 Å². The summed E-state index contributed by atoms with van der Waals surface area (Å²) >= 11 is 1.65. The smallest absolute Gasteiger partial charge is 0.259 e. The Labute approximate surface area is 190 Å². The third-order valence-corrected chi connectivity index (χ3v) is 6.37. The second-order valence-electron chi connectivity index (χ2n) is 7.54. The molecule has 0 bridgehead atoms. The third-order valence-electron chi connectivity index (χ3n) is 5.47. The van der Waals surface area contributed by atoms with Crippen molar-refractivity contribution in [1.29, 1.82) is 0 Å². The molecule has 0 aliphatic carbocycles. The number of hydrogen-bond donors (Lipinski definition) is 1. The van der Waals surface area contributed by atoms with Gasteiger partial charge in [0.15, 0.2) is 5.13 Å². The fraction of sp³-hybridized carbons (Fsp3) is 0.208. The zero-order chi connectivity index (χ0) is 21.9. The van der Waals surface area contributed by atoms with E-state index in [1.165, 1.54) is 0 Å². The minimum atomic E-state index is -0.180. The van der Waals surface area contributed by atoms with Gasteiger partial charge in [-0.25, -0.2) is 9.67 Å². The Balaban J connectivity index is 1.28. The fourth-order valence-corrected chi connectivity index (χ4v) is 4.57. The van der Waals surface area contributed by atoms with Crippen LogP contribution < -0.4 is 10.2 Å². The average Bonchev–Trinajstić information content (AvgIpc) is 3.48. The van der Waals surface area contributed by atoms with Gasteiger partial charge in [-0.05, 0) is 31.2 Å². The van der Waals surface area contributed by atoms with Crippen LogP contribution in [0.15, 0.2) is 66.2 Å². The predicted octanol–water partition coefficient (Wildman–Crippen LogP) is 4.39. The number of rotatable bonds is 5. The summed E-state index contributed by atoms with van der Waals surface area (Å²) in [7, 11) is 0. The van der Waals surface area contributed by atoms with Crippen LogP contribution in [0.1, 0.15) is 16.1 Å². The van der Waals surface area contributed by atoms with E-state index in [0.29, 0.717) is 5.56 Å². The lowest BCUT2D eigenvalue weighted by Gasteiger charge is -2.26. The average molecular weight is 446 g/mol. The van der Waals surface area contributed by atoms with Gasteiger partial charge >= 0.3 is 0 Å². The maximum atomic E-state index is 12.8. The lowest BCUT2D eigenvalue weighted by molar-refractivity contribution is 0.102. The summed E-state index contributed by atoms with van der Waals surface area (Å²) in [6.45, 7) is 5.13. The number of para-hydroxylation sites is 1. The molecule has 32 heavy (non-hydrogen) atoms. The van der Waals surface area contributed by atoms with Gasteiger partial charge in [-0.15, -0.1) is 11.3 Å². The van der Waals surface area contributed by atoms with Crippen LogP contribution in [0.25, 0.3) is 16.9 Å². The molecule has 5 rings (SSSR count). The molecular formula is C24H23N5O2S. The van der Waals surface area contributed by atoms with Crippen LogP contribution in [0.5, 0.6) is 0 Å². The molecule has 1 aliphatic rings. The number of benzene rings is 2. The second-order valence-corrected chi connectivity index (χ2v) is 8.37. The van der Waals surface area contributed by atoms with Gasteiger partial charge in [0.25, 0.3) is 5.91 Å². The lowest BCUT2D eigenvalue weighted by atomic mass is 10.1. The van der Waals surface area contributed by atoms with Gasteiger partial charge < -0.3 is 15.0 Å². The molecule has 0 spiro atoms. The number of carbonyl (C=O) groups is 1. The van der Waals surface area contributed by atoms with Crippen molar-refractivity contribution in [3.8, 4) is 16.9 Å². The number of anilines is 2. The van der Waals surface area contributed by atoms with Gasteiger partial charge in [-0.2, -0.15) is 5.10 Å². The number of ether oxygens (including phenoxy) is 1. The molecule has 0 radical (unpaired) electrons. The Morgan fingerprint density at radius 1 is 1.06 bits per heavy atom. The van der Waals surface area contributed by atoms with Crippen molar-refractivity contribution >= 4 is 28.1 Å². The van der Waals surface area contributed by atoms with Gasteiger partial charge in [-0.3, -0.25) is 4.79 Å². The summed E-state index contributed by atoms with van der Waals surface area (Å²) in [5, 5.41) is 10.4. The molecule has 0 unspecified atom stereocenters. The molecule has 3 heterocycles. The Kier molecular flexibility index (Phi) is 5.70. The summed E-state index contributed by atoms with van der Waals surface area (Å²) in [5.74, 6) is -0.180. The molecule has 2 aromatic carbocycles.